The highest BCUT2D eigenvalue weighted by molar-refractivity contribution is 8.15. The van der Waals surface area contributed by atoms with Crippen LogP contribution in [0.5, 0.6) is 0 Å². The molecule has 0 heterocycles. The fourth-order valence-corrected chi connectivity index (χ4v) is 0.0373. The molecule has 44 valence electrons. The van der Waals surface area contributed by atoms with E-state index in [-0.39, 0.29) is 0 Å². The van der Waals surface area contributed by atoms with Gasteiger partial charge in [-0.25, -0.2) is 5.26 Å². The van der Waals surface area contributed by atoms with E-state index in [1.54, 1.807) is 0 Å². The van der Waals surface area contributed by atoms with Crippen LogP contribution >= 0.6 is 11.2 Å². The second kappa shape index (κ2) is 2.43. The predicted octanol–water partition coefficient (Wildman–Crippen LogP) is 0.291. The molecule has 7 heteroatoms. The van der Waals surface area contributed by atoms with Gasteiger partial charge in [0.15, 0.2) is 0 Å². The van der Waals surface area contributed by atoms with Crippen molar-refractivity contribution < 1.29 is 28.3 Å². The first-order valence-electron chi connectivity index (χ1n) is 1.03. The molecular formula is H2O6S. The minimum atomic E-state index is -4.41. The van der Waals surface area contributed by atoms with Gasteiger partial charge in [-0.05, 0) is 5.26 Å². The van der Waals surface area contributed by atoms with Crippen molar-refractivity contribution in [3.63, 3.8) is 0 Å². The van der Waals surface area contributed by atoms with Crippen LogP contribution < -0.4 is 0 Å². The highest BCUT2D eigenvalue weighted by Crippen LogP contribution is 2.39. The first-order chi connectivity index (χ1) is 3.12. The van der Waals surface area contributed by atoms with Gasteiger partial charge in [0.1, 0.15) is 0 Å². The number of rotatable bonds is 2. The molecule has 0 aromatic carbocycles. The molecule has 6 nitrogen and oxygen atoms in total. The fourth-order valence-electron chi connectivity index (χ4n) is 0.0124. The van der Waals surface area contributed by atoms with Gasteiger partial charge in [0.2, 0.25) is 0 Å². The minimum absolute atomic E-state index is 2.45. The van der Waals surface area contributed by atoms with E-state index < -0.39 is 11.2 Å². The Labute approximate surface area is 40.5 Å². The summed E-state index contributed by atoms with van der Waals surface area (Å²) in [4.78, 5) is 0. The van der Waals surface area contributed by atoms with E-state index in [1.807, 2.05) is 0 Å². The molecule has 0 rings (SSSR count). The van der Waals surface area contributed by atoms with Crippen LogP contribution in [0.1, 0.15) is 0 Å². The highest BCUT2D eigenvalue weighted by atomic mass is 32.3. The van der Waals surface area contributed by atoms with Gasteiger partial charge < -0.3 is 0 Å². The van der Waals surface area contributed by atoms with Crippen molar-refractivity contribution in [2.45, 2.75) is 0 Å². The summed E-state index contributed by atoms with van der Waals surface area (Å²) < 4.78 is 22.2. The average molecular weight is 130 g/mol. The summed E-state index contributed by atoms with van der Waals surface area (Å²) in [6.07, 6.45) is 0. The Morgan fingerprint density at radius 1 is 1.57 bits per heavy atom. The van der Waals surface area contributed by atoms with E-state index in [1.165, 1.54) is 0 Å². The third-order valence-electron chi connectivity index (χ3n) is 0.180. The lowest BCUT2D eigenvalue weighted by molar-refractivity contribution is -0.259. The Hall–Kier alpha value is 0.110. The van der Waals surface area contributed by atoms with E-state index in [4.69, 9.17) is 15.1 Å². The zero-order valence-electron chi connectivity index (χ0n) is 2.94. The lowest BCUT2D eigenvalue weighted by Gasteiger charge is -2.09. The highest BCUT2D eigenvalue weighted by Gasteiger charge is 2.22. The van der Waals surface area contributed by atoms with Gasteiger partial charge in [-0.1, -0.05) is 8.89 Å². The van der Waals surface area contributed by atoms with Crippen LogP contribution in [-0.2, 0) is 18.5 Å². The van der Waals surface area contributed by atoms with E-state index in [9.17, 15) is 4.55 Å². The molecule has 0 aliphatic carbocycles. The van der Waals surface area contributed by atoms with Crippen molar-refractivity contribution in [3.05, 3.63) is 0 Å². The van der Waals surface area contributed by atoms with Crippen molar-refractivity contribution in [2.24, 2.45) is 0 Å². The SMILES string of the molecule is [O]OS([O])(O)OO. The maximum Gasteiger partial charge on any atom is 0.309 e. The van der Waals surface area contributed by atoms with E-state index in [2.05, 4.69) is 8.67 Å². The lowest BCUT2D eigenvalue weighted by atomic mass is 14.9. The van der Waals surface area contributed by atoms with Gasteiger partial charge in [-0.15, -0.1) is 4.33 Å². The lowest BCUT2D eigenvalue weighted by Crippen LogP contribution is -1.97. The third kappa shape index (κ3) is 2.76. The maximum absolute atomic E-state index is 9.47. The summed E-state index contributed by atoms with van der Waals surface area (Å²) in [7, 11) is 0. The number of hydrogen-bond donors (Lipinski definition) is 2. The zero-order valence-corrected chi connectivity index (χ0v) is 3.75. The quantitative estimate of drug-likeness (QED) is 0.414. The second-order valence-corrected chi connectivity index (χ2v) is 1.71. The first kappa shape index (κ1) is 7.11. The minimum Gasteiger partial charge on any atom is -0.281 e. The monoisotopic (exact) mass is 130 g/mol. The molecule has 0 spiro atoms. The van der Waals surface area contributed by atoms with Crippen LogP contribution in [-0.4, -0.2) is 9.81 Å². The number of hydrogen-bond acceptors (Lipinski definition) is 4. The Kier molecular flexibility index (Phi) is 2.46. The Balaban J connectivity index is 3.36. The molecule has 7 heavy (non-hydrogen) atoms. The molecule has 0 saturated carbocycles. The molecule has 0 fully saturated rings. The van der Waals surface area contributed by atoms with Gasteiger partial charge in [-0.3, -0.25) is 4.55 Å². The van der Waals surface area contributed by atoms with Crippen LogP contribution in [0.4, 0.5) is 0 Å². The molecule has 2 radical (unpaired) electrons. The van der Waals surface area contributed by atoms with Gasteiger partial charge in [0.05, 0.1) is 0 Å². The van der Waals surface area contributed by atoms with Gasteiger partial charge >= 0.3 is 11.2 Å². The van der Waals surface area contributed by atoms with Gasteiger partial charge in [0.25, 0.3) is 0 Å². The average Bonchev–Trinajstić information content (AvgIpc) is 1.68. The van der Waals surface area contributed by atoms with Crippen LogP contribution in [0.25, 0.3) is 0 Å². The third-order valence-corrected chi connectivity index (χ3v) is 0.541. The van der Waals surface area contributed by atoms with Gasteiger partial charge in [0, 0.05) is 0 Å². The molecule has 0 amide bonds. The Bertz CT molecular complexity index is 42.1. The smallest absolute Gasteiger partial charge is 0.281 e. The van der Waals surface area contributed by atoms with Crippen molar-refractivity contribution in [1.82, 2.24) is 0 Å². The van der Waals surface area contributed by atoms with Crippen molar-refractivity contribution >= 4 is 11.2 Å². The Morgan fingerprint density at radius 3 is 2.00 bits per heavy atom. The molecule has 0 aromatic rings. The Morgan fingerprint density at radius 2 is 2.00 bits per heavy atom. The molecule has 0 bridgehead atoms. The summed E-state index contributed by atoms with van der Waals surface area (Å²) in [6, 6.07) is 0. The fraction of sp³-hybridized carbons (Fsp3) is 0. The summed E-state index contributed by atoms with van der Waals surface area (Å²) in [5.74, 6) is 0. The second-order valence-electron chi connectivity index (χ2n) is 0.570. The molecule has 0 aromatic heterocycles. The van der Waals surface area contributed by atoms with Crippen molar-refractivity contribution in [3.8, 4) is 0 Å². The first-order valence-corrected chi connectivity index (χ1v) is 2.40. The van der Waals surface area contributed by atoms with E-state index in [0.717, 1.165) is 0 Å². The van der Waals surface area contributed by atoms with Crippen LogP contribution in [0.15, 0.2) is 0 Å². The van der Waals surface area contributed by atoms with Crippen molar-refractivity contribution in [1.29, 1.82) is 0 Å². The van der Waals surface area contributed by atoms with E-state index >= 15 is 0 Å². The summed E-state index contributed by atoms with van der Waals surface area (Å²) in [6.45, 7) is 0. The molecule has 0 saturated heterocycles. The maximum atomic E-state index is 9.47. The standard InChI is InChI=1S/H2O6S/c1-5-7(3,4)6-2/h1,3H. The van der Waals surface area contributed by atoms with E-state index in [0.29, 0.717) is 0 Å². The summed E-state index contributed by atoms with van der Waals surface area (Å²) >= 11 is -4.41. The van der Waals surface area contributed by atoms with Crippen LogP contribution in [0.3, 0.4) is 0 Å². The molecule has 0 aliphatic rings. The molecule has 0 aliphatic heterocycles. The summed E-state index contributed by atoms with van der Waals surface area (Å²) in [5, 5.41) is 16.1. The normalized spacial score (nSPS) is 14.3. The topological polar surface area (TPSA) is 98.7 Å². The van der Waals surface area contributed by atoms with Crippen molar-refractivity contribution in [2.75, 3.05) is 0 Å². The molecule has 2 N–H and O–H groups in total. The van der Waals surface area contributed by atoms with Crippen LogP contribution in [0, 0.1) is 0 Å². The summed E-state index contributed by atoms with van der Waals surface area (Å²) in [5.41, 5.74) is 0. The predicted molar refractivity (Wildman–Crippen MR) is 16.4 cm³/mol. The molecule has 1 unspecified atom stereocenters. The molecule has 1 atom stereocenters. The largest absolute Gasteiger partial charge is 0.309 e. The molecular weight excluding hydrogens is 128 g/mol. The van der Waals surface area contributed by atoms with Crippen LogP contribution in [0.2, 0.25) is 0 Å². The van der Waals surface area contributed by atoms with Gasteiger partial charge in [-0.2, -0.15) is 0 Å². The zero-order chi connectivity index (χ0) is 5.91.